The molecule has 0 aliphatic carbocycles. The minimum Gasteiger partial charge on any atom is -0.337 e. The molecule has 1 fully saturated rings. The van der Waals surface area contributed by atoms with Crippen LogP contribution in [0.5, 0.6) is 0 Å². The number of likely N-dealkylation sites (tertiary alicyclic amines) is 1. The van der Waals surface area contributed by atoms with Gasteiger partial charge in [-0.1, -0.05) is 18.5 Å². The molecule has 0 N–H and O–H groups in total. The van der Waals surface area contributed by atoms with Crippen LogP contribution < -0.4 is 0 Å². The van der Waals surface area contributed by atoms with Gasteiger partial charge in [-0.3, -0.25) is 9.48 Å². The molecule has 1 amide bonds. The van der Waals surface area contributed by atoms with Crippen LogP contribution in [0.15, 0.2) is 16.9 Å². The molecule has 2 aromatic rings. The quantitative estimate of drug-likeness (QED) is 0.771. The Hall–Kier alpha value is -2.18. The first-order chi connectivity index (χ1) is 12.2. The van der Waals surface area contributed by atoms with Gasteiger partial charge in [0.1, 0.15) is 6.04 Å². The zero-order valence-corrected chi connectivity index (χ0v) is 15.1. The van der Waals surface area contributed by atoms with Crippen LogP contribution in [0.3, 0.4) is 0 Å². The van der Waals surface area contributed by atoms with Crippen molar-refractivity contribution in [3.05, 3.63) is 29.7 Å². The Morgan fingerprint density at radius 3 is 3.00 bits per heavy atom. The highest BCUT2D eigenvalue weighted by molar-refractivity contribution is 5.77. The van der Waals surface area contributed by atoms with E-state index in [-0.39, 0.29) is 11.9 Å². The van der Waals surface area contributed by atoms with Crippen molar-refractivity contribution in [2.24, 2.45) is 7.05 Å². The molecule has 3 rings (SSSR count). The van der Waals surface area contributed by atoms with Gasteiger partial charge in [-0.05, 0) is 37.7 Å². The first kappa shape index (κ1) is 17.6. The summed E-state index contributed by atoms with van der Waals surface area (Å²) in [4.78, 5) is 19.2. The maximum absolute atomic E-state index is 12.7. The average molecular weight is 345 g/mol. The van der Waals surface area contributed by atoms with E-state index in [2.05, 4.69) is 22.2 Å². The molecule has 0 radical (unpaired) electrons. The van der Waals surface area contributed by atoms with Crippen LogP contribution in [-0.2, 0) is 24.7 Å². The zero-order valence-electron chi connectivity index (χ0n) is 15.1. The van der Waals surface area contributed by atoms with Gasteiger partial charge in [0, 0.05) is 32.6 Å². The Morgan fingerprint density at radius 1 is 1.36 bits per heavy atom. The fraction of sp³-hybridized carbons (Fsp3) is 0.667. The highest BCUT2D eigenvalue weighted by Crippen LogP contribution is 2.30. The van der Waals surface area contributed by atoms with Crippen LogP contribution in [0, 0.1) is 0 Å². The molecule has 0 spiro atoms. The lowest BCUT2D eigenvalue weighted by molar-refractivity contribution is -0.135. The molecule has 1 atom stereocenters. The number of piperidine rings is 1. The lowest BCUT2D eigenvalue weighted by atomic mass is 10.0. The van der Waals surface area contributed by atoms with Gasteiger partial charge in [0.05, 0.1) is 6.20 Å². The highest BCUT2D eigenvalue weighted by atomic mass is 16.5. The number of carbonyl (C=O) groups is 1. The Morgan fingerprint density at radius 2 is 2.24 bits per heavy atom. The summed E-state index contributed by atoms with van der Waals surface area (Å²) in [7, 11) is 1.89. The summed E-state index contributed by atoms with van der Waals surface area (Å²) in [6.45, 7) is 2.91. The molecule has 1 aliphatic heterocycles. The predicted octanol–water partition coefficient (Wildman–Crippen LogP) is 2.83. The van der Waals surface area contributed by atoms with Gasteiger partial charge in [0.2, 0.25) is 11.8 Å². The Labute approximate surface area is 148 Å². The van der Waals surface area contributed by atoms with Gasteiger partial charge in [-0.2, -0.15) is 10.1 Å². The van der Waals surface area contributed by atoms with Crippen molar-refractivity contribution in [3.8, 4) is 0 Å². The van der Waals surface area contributed by atoms with Crippen molar-refractivity contribution in [2.45, 2.75) is 64.3 Å². The number of carbonyl (C=O) groups excluding carboxylic acids is 1. The molecule has 0 aromatic carbocycles. The molecule has 0 unspecified atom stereocenters. The molecule has 7 heteroatoms. The van der Waals surface area contributed by atoms with Crippen LogP contribution in [0.2, 0.25) is 0 Å². The van der Waals surface area contributed by atoms with E-state index >= 15 is 0 Å². The Kier molecular flexibility index (Phi) is 5.83. The normalized spacial score (nSPS) is 17.8. The van der Waals surface area contributed by atoms with E-state index in [0.717, 1.165) is 56.5 Å². The molecular formula is C18H27N5O2. The monoisotopic (exact) mass is 345 g/mol. The summed E-state index contributed by atoms with van der Waals surface area (Å²) >= 11 is 0. The van der Waals surface area contributed by atoms with Crippen molar-refractivity contribution >= 4 is 5.91 Å². The van der Waals surface area contributed by atoms with E-state index in [9.17, 15) is 4.79 Å². The number of hydrogen-bond acceptors (Lipinski definition) is 5. The largest absolute Gasteiger partial charge is 0.337 e. The van der Waals surface area contributed by atoms with Gasteiger partial charge in [-0.25, -0.2) is 0 Å². The fourth-order valence-electron chi connectivity index (χ4n) is 3.32. The van der Waals surface area contributed by atoms with Crippen LogP contribution in [0.25, 0.3) is 0 Å². The van der Waals surface area contributed by atoms with Gasteiger partial charge >= 0.3 is 0 Å². The van der Waals surface area contributed by atoms with Gasteiger partial charge < -0.3 is 9.42 Å². The number of hydrogen-bond donors (Lipinski definition) is 0. The standard InChI is InChI=1S/C18H27N5O2/c1-3-4-8-16-20-18(25-21-16)15-7-5-6-11-23(15)17(24)10-9-14-12-19-22(2)13-14/h12-13,15H,3-11H2,1-2H3/t15-/m0/s1. The molecule has 0 saturated carbocycles. The van der Waals surface area contributed by atoms with Crippen molar-refractivity contribution in [1.29, 1.82) is 0 Å². The lowest BCUT2D eigenvalue weighted by Crippen LogP contribution is -2.38. The van der Waals surface area contributed by atoms with Gasteiger partial charge in [-0.15, -0.1) is 0 Å². The number of nitrogens with zero attached hydrogens (tertiary/aromatic N) is 5. The smallest absolute Gasteiger partial charge is 0.249 e. The van der Waals surface area contributed by atoms with Crippen molar-refractivity contribution in [1.82, 2.24) is 24.8 Å². The number of unbranched alkanes of at least 4 members (excludes halogenated alkanes) is 1. The van der Waals surface area contributed by atoms with Gasteiger partial charge in [0.25, 0.3) is 0 Å². The third-order valence-electron chi connectivity index (χ3n) is 4.73. The molecule has 136 valence electrons. The number of amides is 1. The van der Waals surface area contributed by atoms with Crippen LogP contribution in [-0.4, -0.2) is 37.3 Å². The maximum Gasteiger partial charge on any atom is 0.249 e. The minimum absolute atomic E-state index is 0.0713. The molecule has 25 heavy (non-hydrogen) atoms. The third-order valence-corrected chi connectivity index (χ3v) is 4.73. The highest BCUT2D eigenvalue weighted by Gasteiger charge is 2.31. The Balaban J connectivity index is 1.63. The van der Waals surface area contributed by atoms with Crippen LogP contribution in [0.1, 0.15) is 68.8 Å². The topological polar surface area (TPSA) is 77.0 Å². The van der Waals surface area contributed by atoms with E-state index in [1.165, 1.54) is 0 Å². The molecule has 0 bridgehead atoms. The van der Waals surface area contributed by atoms with Crippen molar-refractivity contribution < 1.29 is 9.32 Å². The molecule has 7 nitrogen and oxygen atoms in total. The first-order valence-electron chi connectivity index (χ1n) is 9.27. The zero-order chi connectivity index (χ0) is 17.6. The minimum atomic E-state index is -0.0713. The SMILES string of the molecule is CCCCc1noc([C@@H]2CCCCN2C(=O)CCc2cnn(C)c2)n1. The molecular weight excluding hydrogens is 318 g/mol. The first-order valence-corrected chi connectivity index (χ1v) is 9.27. The van der Waals surface area contributed by atoms with E-state index in [1.54, 1.807) is 4.68 Å². The predicted molar refractivity (Wildman–Crippen MR) is 92.7 cm³/mol. The molecule has 1 saturated heterocycles. The van der Waals surface area contributed by atoms with Crippen LogP contribution in [0.4, 0.5) is 0 Å². The molecule has 2 aromatic heterocycles. The van der Waals surface area contributed by atoms with Gasteiger partial charge in [0.15, 0.2) is 5.82 Å². The van der Waals surface area contributed by atoms with Crippen molar-refractivity contribution in [3.63, 3.8) is 0 Å². The fourth-order valence-corrected chi connectivity index (χ4v) is 3.32. The van der Waals surface area contributed by atoms with E-state index in [1.807, 2.05) is 24.3 Å². The molecule has 1 aliphatic rings. The lowest BCUT2D eigenvalue weighted by Gasteiger charge is -2.33. The second kappa shape index (κ2) is 8.27. The summed E-state index contributed by atoms with van der Waals surface area (Å²) in [5.74, 6) is 1.51. The van der Waals surface area contributed by atoms with E-state index in [0.29, 0.717) is 18.7 Å². The summed E-state index contributed by atoms with van der Waals surface area (Å²) < 4.78 is 7.24. The van der Waals surface area contributed by atoms with Crippen LogP contribution >= 0.6 is 0 Å². The number of aromatic nitrogens is 4. The summed E-state index contributed by atoms with van der Waals surface area (Å²) in [5, 5.41) is 8.24. The Bertz CT molecular complexity index is 693. The second-order valence-corrected chi connectivity index (χ2v) is 6.77. The average Bonchev–Trinajstić information content (AvgIpc) is 3.27. The van der Waals surface area contributed by atoms with E-state index in [4.69, 9.17) is 4.52 Å². The third kappa shape index (κ3) is 4.46. The van der Waals surface area contributed by atoms with Crippen molar-refractivity contribution in [2.75, 3.05) is 6.54 Å². The number of aryl methyl sites for hydroxylation is 3. The molecule has 3 heterocycles. The second-order valence-electron chi connectivity index (χ2n) is 6.77. The van der Waals surface area contributed by atoms with E-state index < -0.39 is 0 Å². The summed E-state index contributed by atoms with van der Waals surface area (Å²) in [6, 6.07) is -0.0713. The maximum atomic E-state index is 12.7. The summed E-state index contributed by atoms with van der Waals surface area (Å²) in [6.07, 6.45) is 11.0. The number of rotatable bonds is 7. The summed E-state index contributed by atoms with van der Waals surface area (Å²) in [5.41, 5.74) is 1.09.